The van der Waals surface area contributed by atoms with Gasteiger partial charge in [-0.2, -0.15) is 0 Å². The Bertz CT molecular complexity index is 588. The molecule has 0 atom stereocenters. The van der Waals surface area contributed by atoms with Crippen LogP contribution in [0.3, 0.4) is 0 Å². The van der Waals surface area contributed by atoms with Gasteiger partial charge in [0.2, 0.25) is 11.8 Å². The molecule has 0 bridgehead atoms. The van der Waals surface area contributed by atoms with Crippen molar-refractivity contribution in [3.63, 3.8) is 0 Å². The maximum atomic E-state index is 12.2. The van der Waals surface area contributed by atoms with E-state index in [1.54, 1.807) is 11.8 Å². The third kappa shape index (κ3) is 6.71. The number of nitrogens with two attached hydrogens (primary N) is 1. The summed E-state index contributed by atoms with van der Waals surface area (Å²) >= 11 is 1.56. The maximum absolute atomic E-state index is 12.2. The molecule has 0 spiro atoms. The van der Waals surface area contributed by atoms with Crippen LogP contribution in [0.2, 0.25) is 0 Å². The molecule has 0 saturated carbocycles. The van der Waals surface area contributed by atoms with Crippen molar-refractivity contribution in [3.05, 3.63) is 29.8 Å². The topological polar surface area (TPSA) is 75.4 Å². The summed E-state index contributed by atoms with van der Waals surface area (Å²) in [5, 5.41) is 3.10. The molecule has 1 aromatic rings. The Balaban J connectivity index is 1.72. The average molecular weight is 364 g/mol. The number of piperidine rings is 1. The summed E-state index contributed by atoms with van der Waals surface area (Å²) in [6.45, 7) is 8.48. The normalized spacial score (nSPS) is 16.6. The van der Waals surface area contributed by atoms with Gasteiger partial charge in [-0.3, -0.25) is 14.5 Å². The molecule has 1 aliphatic heterocycles. The van der Waals surface area contributed by atoms with E-state index < -0.39 is 0 Å². The van der Waals surface area contributed by atoms with Crippen molar-refractivity contribution in [1.82, 2.24) is 10.2 Å². The van der Waals surface area contributed by atoms with Gasteiger partial charge in [-0.1, -0.05) is 32.9 Å². The van der Waals surface area contributed by atoms with Crippen molar-refractivity contribution in [3.8, 4) is 0 Å². The van der Waals surface area contributed by atoms with Crippen LogP contribution in [0.5, 0.6) is 0 Å². The van der Waals surface area contributed by atoms with Gasteiger partial charge in [0.05, 0.1) is 12.3 Å². The lowest BCUT2D eigenvalue weighted by atomic mass is 9.87. The van der Waals surface area contributed by atoms with Crippen molar-refractivity contribution < 1.29 is 9.59 Å². The Kier molecular flexibility index (Phi) is 6.90. The second-order valence-electron chi connectivity index (χ2n) is 7.65. The molecule has 1 aliphatic rings. The number of nitrogens with one attached hydrogen (secondary N) is 1. The first-order chi connectivity index (χ1) is 11.7. The van der Waals surface area contributed by atoms with Crippen molar-refractivity contribution >= 4 is 23.6 Å². The summed E-state index contributed by atoms with van der Waals surface area (Å²) in [5.41, 5.74) is 6.65. The number of carbonyl (C=O) groups excluding carboxylic acids is 2. The highest BCUT2D eigenvalue weighted by Crippen LogP contribution is 2.25. The van der Waals surface area contributed by atoms with Crippen LogP contribution in [0.15, 0.2) is 29.2 Å². The monoisotopic (exact) mass is 363 g/mol. The number of hydrogen-bond acceptors (Lipinski definition) is 4. The molecule has 0 radical (unpaired) electrons. The maximum Gasteiger partial charge on any atom is 0.231 e. The molecule has 1 aromatic carbocycles. The minimum Gasteiger partial charge on any atom is -0.369 e. The number of likely N-dealkylation sites (tertiary alicyclic amines) is 1. The van der Waals surface area contributed by atoms with Crippen molar-refractivity contribution in [1.29, 1.82) is 0 Å². The smallest absolute Gasteiger partial charge is 0.231 e. The minimum absolute atomic E-state index is 0.0678. The van der Waals surface area contributed by atoms with Gasteiger partial charge >= 0.3 is 0 Å². The molecular weight excluding hydrogens is 334 g/mol. The highest BCUT2D eigenvalue weighted by molar-refractivity contribution is 8.00. The van der Waals surface area contributed by atoms with Crippen molar-refractivity contribution in [2.75, 3.05) is 25.4 Å². The third-order valence-corrected chi connectivity index (χ3v) is 5.43. The van der Waals surface area contributed by atoms with Crippen LogP contribution in [-0.4, -0.2) is 48.1 Å². The first-order valence-electron chi connectivity index (χ1n) is 8.77. The fourth-order valence-electron chi connectivity index (χ4n) is 2.93. The lowest BCUT2D eigenvalue weighted by molar-refractivity contribution is -0.121. The zero-order valence-electron chi connectivity index (χ0n) is 15.4. The van der Waals surface area contributed by atoms with Crippen LogP contribution in [0, 0.1) is 0 Å². The van der Waals surface area contributed by atoms with Crippen LogP contribution in [0.25, 0.3) is 0 Å². The summed E-state index contributed by atoms with van der Waals surface area (Å²) in [6.07, 6.45) is 1.73. The highest BCUT2D eigenvalue weighted by Gasteiger charge is 2.21. The Hall–Kier alpha value is -1.53. The number of primary amides is 1. The molecule has 1 fully saturated rings. The van der Waals surface area contributed by atoms with Crippen molar-refractivity contribution in [2.24, 2.45) is 5.73 Å². The predicted octanol–water partition coefficient (Wildman–Crippen LogP) is 2.14. The van der Waals surface area contributed by atoms with Crippen LogP contribution >= 0.6 is 11.8 Å². The highest BCUT2D eigenvalue weighted by atomic mass is 32.2. The number of hydrogen-bond donors (Lipinski definition) is 2. The molecule has 1 heterocycles. The van der Waals surface area contributed by atoms with Gasteiger partial charge in [-0.05, 0) is 36.0 Å². The molecule has 138 valence electrons. The zero-order valence-corrected chi connectivity index (χ0v) is 16.2. The molecule has 2 amide bonds. The van der Waals surface area contributed by atoms with Crippen LogP contribution < -0.4 is 11.1 Å². The second kappa shape index (κ2) is 8.72. The molecule has 3 N–H and O–H groups in total. The van der Waals surface area contributed by atoms with E-state index >= 15 is 0 Å². The van der Waals surface area contributed by atoms with E-state index in [2.05, 4.69) is 50.4 Å². The number of rotatable bonds is 6. The molecule has 0 aromatic heterocycles. The van der Waals surface area contributed by atoms with E-state index in [-0.39, 0.29) is 23.3 Å². The second-order valence-corrected chi connectivity index (χ2v) is 8.70. The van der Waals surface area contributed by atoms with E-state index in [9.17, 15) is 9.59 Å². The van der Waals surface area contributed by atoms with Crippen molar-refractivity contribution in [2.45, 2.75) is 50.0 Å². The first kappa shape index (κ1) is 19.8. The SMILES string of the molecule is CC(C)(C)c1ccc(SCC(=O)NC2CCN(CC(N)=O)CC2)cc1. The fraction of sp³-hybridized carbons (Fsp3) is 0.579. The fourth-order valence-corrected chi connectivity index (χ4v) is 3.63. The van der Waals surface area contributed by atoms with Crippen LogP contribution in [0.1, 0.15) is 39.2 Å². The lowest BCUT2D eigenvalue weighted by Crippen LogP contribution is -2.47. The molecular formula is C19H29N3O2S. The summed E-state index contributed by atoms with van der Waals surface area (Å²) in [5.74, 6) is 0.200. The van der Waals surface area contributed by atoms with E-state index in [0.717, 1.165) is 30.8 Å². The van der Waals surface area contributed by atoms with Gasteiger partial charge in [0.15, 0.2) is 0 Å². The molecule has 1 saturated heterocycles. The standard InChI is InChI=1S/C19H29N3O2S/c1-19(2,3)14-4-6-16(7-5-14)25-13-18(24)21-15-8-10-22(11-9-15)12-17(20)23/h4-7,15H,8-13H2,1-3H3,(H2,20,23)(H,21,24). The third-order valence-electron chi connectivity index (χ3n) is 4.42. The molecule has 0 unspecified atom stereocenters. The van der Waals surface area contributed by atoms with E-state index in [4.69, 9.17) is 5.73 Å². The summed E-state index contributed by atoms with van der Waals surface area (Å²) < 4.78 is 0. The number of carbonyl (C=O) groups is 2. The lowest BCUT2D eigenvalue weighted by Gasteiger charge is -2.31. The average Bonchev–Trinajstić information content (AvgIpc) is 2.54. The molecule has 5 nitrogen and oxygen atoms in total. The summed E-state index contributed by atoms with van der Waals surface area (Å²) in [7, 11) is 0. The Morgan fingerprint density at radius 2 is 1.80 bits per heavy atom. The van der Waals surface area contributed by atoms with Gasteiger partial charge in [-0.15, -0.1) is 11.8 Å². The number of nitrogens with zero attached hydrogens (tertiary/aromatic N) is 1. The molecule has 6 heteroatoms. The predicted molar refractivity (Wildman–Crippen MR) is 103 cm³/mol. The van der Waals surface area contributed by atoms with Gasteiger partial charge in [0.25, 0.3) is 0 Å². The van der Waals surface area contributed by atoms with Crippen LogP contribution in [0.4, 0.5) is 0 Å². The largest absolute Gasteiger partial charge is 0.369 e. The molecule has 0 aliphatic carbocycles. The number of benzene rings is 1. The van der Waals surface area contributed by atoms with Gasteiger partial charge < -0.3 is 11.1 Å². The zero-order chi connectivity index (χ0) is 18.4. The summed E-state index contributed by atoms with van der Waals surface area (Å²) in [4.78, 5) is 26.2. The van der Waals surface area contributed by atoms with E-state index in [1.165, 1.54) is 5.56 Å². The van der Waals surface area contributed by atoms with Gasteiger partial charge in [0.1, 0.15) is 0 Å². The Labute approximate surface area is 154 Å². The number of amides is 2. The van der Waals surface area contributed by atoms with E-state index in [0.29, 0.717) is 12.3 Å². The quantitative estimate of drug-likeness (QED) is 0.760. The Morgan fingerprint density at radius 3 is 2.32 bits per heavy atom. The molecule has 2 rings (SSSR count). The Morgan fingerprint density at radius 1 is 1.20 bits per heavy atom. The van der Waals surface area contributed by atoms with Gasteiger partial charge in [-0.25, -0.2) is 0 Å². The van der Waals surface area contributed by atoms with E-state index in [1.807, 2.05) is 4.90 Å². The van der Waals surface area contributed by atoms with Gasteiger partial charge in [0, 0.05) is 24.0 Å². The minimum atomic E-state index is -0.295. The number of thioether (sulfide) groups is 1. The first-order valence-corrected chi connectivity index (χ1v) is 9.76. The molecule has 25 heavy (non-hydrogen) atoms. The van der Waals surface area contributed by atoms with Crippen LogP contribution in [-0.2, 0) is 15.0 Å². The summed E-state index contributed by atoms with van der Waals surface area (Å²) in [6, 6.07) is 8.63.